The van der Waals surface area contributed by atoms with Crippen LogP contribution in [-0.4, -0.2) is 104 Å². The van der Waals surface area contributed by atoms with Crippen molar-refractivity contribution >= 4 is 5.91 Å². The highest BCUT2D eigenvalue weighted by molar-refractivity contribution is 5.78. The van der Waals surface area contributed by atoms with Crippen molar-refractivity contribution in [1.29, 1.82) is 0 Å². The summed E-state index contributed by atoms with van der Waals surface area (Å²) >= 11 is 0. The Labute approximate surface area is 173 Å². The van der Waals surface area contributed by atoms with E-state index in [0.29, 0.717) is 12.5 Å². The zero-order valence-electron chi connectivity index (χ0n) is 18.1. The van der Waals surface area contributed by atoms with Crippen LogP contribution in [0, 0.1) is 5.92 Å². The fraction of sp³-hybridized carbons (Fsp3) is 0.727. The highest BCUT2D eigenvalue weighted by Gasteiger charge is 2.41. The Hall–Kier alpha value is -1.70. The predicted molar refractivity (Wildman–Crippen MR) is 114 cm³/mol. The largest absolute Gasteiger partial charge is 0.341 e. The number of nitrogens with zero attached hydrogens (tertiary/aromatic N) is 5. The van der Waals surface area contributed by atoms with Crippen molar-refractivity contribution in [3.8, 4) is 0 Å². The number of likely N-dealkylation sites (N-methyl/N-ethyl adjacent to an activating group) is 2. The van der Waals surface area contributed by atoms with E-state index in [1.54, 1.807) is 6.07 Å². The second-order valence-electron chi connectivity index (χ2n) is 9.41. The van der Waals surface area contributed by atoms with E-state index in [0.717, 1.165) is 64.3 Å². The summed E-state index contributed by atoms with van der Waals surface area (Å²) in [4.78, 5) is 34.8. The lowest BCUT2D eigenvalue weighted by Gasteiger charge is -2.47. The summed E-state index contributed by atoms with van der Waals surface area (Å²) in [5.74, 6) is 0.850. The maximum Gasteiger partial charge on any atom is 0.251 e. The molecule has 0 radical (unpaired) electrons. The molecule has 2 fully saturated rings. The number of rotatable bonds is 4. The third kappa shape index (κ3) is 4.42. The number of likely N-dealkylation sites (tertiary alicyclic amines) is 1. The van der Waals surface area contributed by atoms with E-state index in [4.69, 9.17) is 0 Å². The Morgan fingerprint density at radius 2 is 1.97 bits per heavy atom. The van der Waals surface area contributed by atoms with Crippen LogP contribution in [0.25, 0.3) is 0 Å². The summed E-state index contributed by atoms with van der Waals surface area (Å²) in [5, 5.41) is 0. The van der Waals surface area contributed by atoms with Crippen molar-refractivity contribution in [2.75, 3.05) is 73.5 Å². The van der Waals surface area contributed by atoms with Gasteiger partial charge in [-0.25, -0.2) is 0 Å². The number of fused-ring (bicyclic) bond motifs is 4. The predicted octanol–water partition coefficient (Wildman–Crippen LogP) is 0.534. The molecule has 0 aromatic carbocycles. The van der Waals surface area contributed by atoms with Crippen LogP contribution in [0.5, 0.6) is 0 Å². The summed E-state index contributed by atoms with van der Waals surface area (Å²) in [6.07, 6.45) is 2.19. The van der Waals surface area contributed by atoms with Crippen molar-refractivity contribution in [3.05, 3.63) is 34.2 Å². The Balaban J connectivity index is 1.52. The Morgan fingerprint density at radius 1 is 1.14 bits per heavy atom. The van der Waals surface area contributed by atoms with Crippen LogP contribution >= 0.6 is 0 Å². The molecule has 3 aliphatic rings. The second kappa shape index (κ2) is 8.58. The summed E-state index contributed by atoms with van der Waals surface area (Å²) in [7, 11) is 6.27. The summed E-state index contributed by atoms with van der Waals surface area (Å²) in [6, 6.07) is 5.76. The van der Waals surface area contributed by atoms with Crippen molar-refractivity contribution in [3.63, 3.8) is 0 Å². The normalized spacial score (nSPS) is 28.3. The zero-order chi connectivity index (χ0) is 20.5. The van der Waals surface area contributed by atoms with Gasteiger partial charge in [-0.2, -0.15) is 0 Å². The molecule has 4 heterocycles. The van der Waals surface area contributed by atoms with E-state index in [1.165, 1.54) is 0 Å². The highest BCUT2D eigenvalue weighted by atomic mass is 16.2. The molecular formula is C22H35N5O2. The van der Waals surface area contributed by atoms with Crippen LogP contribution in [0.4, 0.5) is 0 Å². The molecule has 0 unspecified atom stereocenters. The maximum absolute atomic E-state index is 13.2. The molecule has 0 spiro atoms. The molecule has 7 nitrogen and oxygen atoms in total. The second-order valence-corrected chi connectivity index (χ2v) is 9.41. The first-order valence-electron chi connectivity index (χ1n) is 11.0. The first kappa shape index (κ1) is 20.6. The number of pyridine rings is 1. The third-order valence-electron chi connectivity index (χ3n) is 6.87. The van der Waals surface area contributed by atoms with Crippen molar-refractivity contribution in [1.82, 2.24) is 24.2 Å². The van der Waals surface area contributed by atoms with E-state index in [9.17, 15) is 9.59 Å². The lowest BCUT2D eigenvalue weighted by atomic mass is 9.78. The molecule has 2 bridgehead atoms. The molecule has 0 saturated carbocycles. The summed E-state index contributed by atoms with van der Waals surface area (Å²) in [6.45, 7) is 6.95. The Kier molecular flexibility index (Phi) is 6.08. The standard InChI is InChI=1S/C22H35N5O2/c1-23(2)15-20-18-12-17(19-6-4-7-21(28)27(19)20)13-26(14-18)22(29)16-25-9-5-8-24(3)10-11-25/h4,6-7,17-18,20H,5,8-16H2,1-3H3/t17-,18+,20+/m1/s1. The van der Waals surface area contributed by atoms with Crippen LogP contribution in [-0.2, 0) is 4.79 Å². The number of amides is 1. The van der Waals surface area contributed by atoms with Gasteiger partial charge in [0.2, 0.25) is 5.91 Å². The molecule has 1 amide bonds. The number of piperidine rings is 1. The van der Waals surface area contributed by atoms with Gasteiger partial charge in [0.25, 0.3) is 5.56 Å². The van der Waals surface area contributed by atoms with Crippen molar-refractivity contribution in [2.24, 2.45) is 5.92 Å². The first-order chi connectivity index (χ1) is 13.9. The molecule has 7 heteroatoms. The van der Waals surface area contributed by atoms with E-state index in [2.05, 4.69) is 46.8 Å². The van der Waals surface area contributed by atoms with Gasteiger partial charge in [-0.3, -0.25) is 14.5 Å². The Morgan fingerprint density at radius 3 is 2.76 bits per heavy atom. The molecule has 1 aromatic heterocycles. The summed E-state index contributed by atoms with van der Waals surface area (Å²) in [5.41, 5.74) is 1.20. The van der Waals surface area contributed by atoms with Crippen LogP contribution in [0.15, 0.2) is 23.0 Å². The topological polar surface area (TPSA) is 52.0 Å². The number of carbonyl (C=O) groups is 1. The molecule has 3 aliphatic heterocycles. The smallest absolute Gasteiger partial charge is 0.251 e. The molecule has 29 heavy (non-hydrogen) atoms. The molecule has 3 atom stereocenters. The average Bonchev–Trinajstić information content (AvgIpc) is 2.89. The van der Waals surface area contributed by atoms with Crippen LogP contribution < -0.4 is 5.56 Å². The minimum Gasteiger partial charge on any atom is -0.341 e. The van der Waals surface area contributed by atoms with Gasteiger partial charge in [0.1, 0.15) is 0 Å². The minimum atomic E-state index is 0.0949. The third-order valence-corrected chi connectivity index (χ3v) is 6.87. The number of hydrogen-bond acceptors (Lipinski definition) is 5. The lowest BCUT2D eigenvalue weighted by Crippen LogP contribution is -2.54. The quantitative estimate of drug-likeness (QED) is 0.737. The Bertz CT molecular complexity index is 792. The van der Waals surface area contributed by atoms with Gasteiger partial charge in [-0.1, -0.05) is 6.07 Å². The lowest BCUT2D eigenvalue weighted by molar-refractivity contribution is -0.135. The van der Waals surface area contributed by atoms with Gasteiger partial charge in [0.15, 0.2) is 0 Å². The van der Waals surface area contributed by atoms with E-state index < -0.39 is 0 Å². The molecule has 0 N–H and O–H groups in total. The van der Waals surface area contributed by atoms with Gasteiger partial charge >= 0.3 is 0 Å². The SMILES string of the molecule is CN(C)C[C@H]1[C@H]2C[C@H](CN(C(=O)CN3CCCN(C)CC3)C2)c2cccc(=O)n21. The molecular weight excluding hydrogens is 366 g/mol. The molecule has 2 saturated heterocycles. The van der Waals surface area contributed by atoms with E-state index in [-0.39, 0.29) is 23.4 Å². The van der Waals surface area contributed by atoms with Crippen LogP contribution in [0.1, 0.15) is 30.5 Å². The van der Waals surface area contributed by atoms with Gasteiger partial charge < -0.3 is 19.3 Å². The van der Waals surface area contributed by atoms with Crippen molar-refractivity contribution in [2.45, 2.75) is 24.8 Å². The maximum atomic E-state index is 13.2. The highest BCUT2D eigenvalue weighted by Crippen LogP contribution is 2.41. The van der Waals surface area contributed by atoms with E-state index >= 15 is 0 Å². The van der Waals surface area contributed by atoms with Crippen molar-refractivity contribution < 1.29 is 4.79 Å². The van der Waals surface area contributed by atoms with Gasteiger partial charge in [0, 0.05) is 50.4 Å². The van der Waals surface area contributed by atoms with Crippen LogP contribution in [0.2, 0.25) is 0 Å². The average molecular weight is 402 g/mol. The fourth-order valence-corrected chi connectivity index (χ4v) is 5.40. The number of hydrogen-bond donors (Lipinski definition) is 0. The molecule has 1 aromatic rings. The molecule has 160 valence electrons. The monoisotopic (exact) mass is 401 g/mol. The fourth-order valence-electron chi connectivity index (χ4n) is 5.40. The summed E-state index contributed by atoms with van der Waals surface area (Å²) < 4.78 is 2.02. The number of carbonyl (C=O) groups excluding carboxylic acids is 1. The zero-order valence-corrected chi connectivity index (χ0v) is 18.1. The van der Waals surface area contributed by atoms with Gasteiger partial charge in [-0.05, 0) is 59.1 Å². The number of aromatic nitrogens is 1. The van der Waals surface area contributed by atoms with Gasteiger partial charge in [-0.15, -0.1) is 0 Å². The first-order valence-corrected chi connectivity index (χ1v) is 11.0. The van der Waals surface area contributed by atoms with E-state index in [1.807, 2.05) is 10.6 Å². The molecule has 0 aliphatic carbocycles. The molecule has 4 rings (SSSR count). The van der Waals surface area contributed by atoms with Crippen LogP contribution in [0.3, 0.4) is 0 Å². The minimum absolute atomic E-state index is 0.0949. The van der Waals surface area contributed by atoms with Gasteiger partial charge in [0.05, 0.1) is 12.6 Å².